The van der Waals surface area contributed by atoms with Crippen LogP contribution < -0.4 is 0 Å². The number of carbonyl (C=O) groups excluding carboxylic acids is 1. The molecule has 0 aliphatic heterocycles. The van der Waals surface area contributed by atoms with Crippen LogP contribution in [0.2, 0.25) is 0 Å². The van der Waals surface area contributed by atoms with Crippen LogP contribution in [0.5, 0.6) is 0 Å². The van der Waals surface area contributed by atoms with Gasteiger partial charge >= 0.3 is 5.97 Å². The molecule has 0 atom stereocenters. The van der Waals surface area contributed by atoms with Crippen LogP contribution in [-0.2, 0) is 19.0 Å². The average Bonchev–Trinajstić information content (AvgIpc) is 2.73. The van der Waals surface area contributed by atoms with E-state index in [1.165, 1.54) is 0 Å². The topological polar surface area (TPSA) is 44.8 Å². The summed E-state index contributed by atoms with van der Waals surface area (Å²) >= 11 is 0. The Kier molecular flexibility index (Phi) is 6.21. The van der Waals surface area contributed by atoms with Crippen molar-refractivity contribution in [1.29, 1.82) is 0 Å². The van der Waals surface area contributed by atoms with Crippen molar-refractivity contribution in [3.63, 3.8) is 0 Å². The maximum absolute atomic E-state index is 11.9. The molecule has 0 unspecified atom stereocenters. The molecule has 1 saturated carbocycles. The summed E-state index contributed by atoms with van der Waals surface area (Å²) in [5.41, 5.74) is 0.136. The number of hydrogen-bond acceptors (Lipinski definition) is 4. The number of esters is 1. The number of rotatable bonds is 7. The minimum Gasteiger partial charge on any atom is -0.456 e. The summed E-state index contributed by atoms with van der Waals surface area (Å²) in [4.78, 5) is 11.9. The Hall–Kier alpha value is -0.870. The van der Waals surface area contributed by atoms with E-state index >= 15 is 0 Å². The van der Waals surface area contributed by atoms with Crippen LogP contribution in [-0.4, -0.2) is 31.6 Å². The third-order valence-electron chi connectivity index (χ3n) is 3.27. The van der Waals surface area contributed by atoms with Crippen LogP contribution in [0.1, 0.15) is 53.4 Å². The maximum atomic E-state index is 11.9. The Morgan fingerprint density at radius 3 is 2.35 bits per heavy atom. The van der Waals surface area contributed by atoms with Gasteiger partial charge in [-0.1, -0.05) is 27.4 Å². The summed E-state index contributed by atoms with van der Waals surface area (Å²) in [5, 5.41) is 0. The van der Waals surface area contributed by atoms with Gasteiger partial charge in [0.1, 0.15) is 12.4 Å². The predicted molar refractivity (Wildman–Crippen MR) is 78.3 cm³/mol. The van der Waals surface area contributed by atoms with Crippen LogP contribution >= 0.6 is 0 Å². The fraction of sp³-hybridized carbons (Fsp3) is 0.812. The smallest absolute Gasteiger partial charge is 0.336 e. The first kappa shape index (κ1) is 17.2. The molecule has 0 saturated heterocycles. The molecular formula is C16H28O4. The van der Waals surface area contributed by atoms with Crippen molar-refractivity contribution in [1.82, 2.24) is 0 Å². The van der Waals surface area contributed by atoms with E-state index in [0.717, 1.165) is 25.7 Å². The summed E-state index contributed by atoms with van der Waals surface area (Å²) < 4.78 is 16.2. The summed E-state index contributed by atoms with van der Waals surface area (Å²) in [7, 11) is 0. The van der Waals surface area contributed by atoms with E-state index in [2.05, 4.69) is 27.4 Å². The first-order valence-corrected chi connectivity index (χ1v) is 7.28. The number of ether oxygens (including phenoxy) is 3. The van der Waals surface area contributed by atoms with Crippen LogP contribution in [0.25, 0.3) is 0 Å². The van der Waals surface area contributed by atoms with Crippen molar-refractivity contribution in [2.24, 2.45) is 5.41 Å². The minimum absolute atomic E-state index is 0.108. The van der Waals surface area contributed by atoms with E-state index in [1.807, 2.05) is 6.92 Å². The van der Waals surface area contributed by atoms with Gasteiger partial charge in [-0.25, -0.2) is 4.79 Å². The molecule has 1 fully saturated rings. The highest BCUT2D eigenvalue weighted by atomic mass is 16.7. The van der Waals surface area contributed by atoms with Gasteiger partial charge in [0.15, 0.2) is 0 Å². The van der Waals surface area contributed by atoms with Crippen molar-refractivity contribution in [3.8, 4) is 0 Å². The van der Waals surface area contributed by atoms with E-state index in [1.54, 1.807) is 0 Å². The first-order chi connectivity index (χ1) is 9.22. The van der Waals surface area contributed by atoms with Gasteiger partial charge < -0.3 is 14.2 Å². The van der Waals surface area contributed by atoms with Crippen molar-refractivity contribution >= 4 is 5.97 Å². The van der Waals surface area contributed by atoms with Crippen LogP contribution in [0.15, 0.2) is 12.2 Å². The van der Waals surface area contributed by atoms with Gasteiger partial charge in [0.05, 0.1) is 18.8 Å². The van der Waals surface area contributed by atoms with Crippen molar-refractivity contribution in [3.05, 3.63) is 12.2 Å². The molecule has 1 aliphatic carbocycles. The zero-order chi connectivity index (χ0) is 15.2. The Morgan fingerprint density at radius 1 is 1.20 bits per heavy atom. The fourth-order valence-electron chi connectivity index (χ4n) is 2.15. The largest absolute Gasteiger partial charge is 0.456 e. The highest BCUT2D eigenvalue weighted by molar-refractivity contribution is 5.88. The number of hydrogen-bond donors (Lipinski definition) is 0. The van der Waals surface area contributed by atoms with Crippen LogP contribution in [0.3, 0.4) is 0 Å². The van der Waals surface area contributed by atoms with Gasteiger partial charge in [-0.3, -0.25) is 0 Å². The van der Waals surface area contributed by atoms with Gasteiger partial charge in [0, 0.05) is 0 Å². The molecule has 0 spiro atoms. The van der Waals surface area contributed by atoms with Gasteiger partial charge in [-0.05, 0) is 38.0 Å². The lowest BCUT2D eigenvalue weighted by atomic mass is 9.99. The highest BCUT2D eigenvalue weighted by Crippen LogP contribution is 2.33. The van der Waals surface area contributed by atoms with Crippen molar-refractivity contribution in [2.45, 2.75) is 59.0 Å². The summed E-state index contributed by atoms with van der Waals surface area (Å²) in [5.74, 6) is -0.356. The molecule has 0 radical (unpaired) electrons. The Morgan fingerprint density at radius 2 is 1.80 bits per heavy atom. The second kappa shape index (κ2) is 7.23. The quantitative estimate of drug-likeness (QED) is 0.311. The average molecular weight is 284 g/mol. The van der Waals surface area contributed by atoms with E-state index in [9.17, 15) is 4.79 Å². The summed E-state index contributed by atoms with van der Waals surface area (Å²) in [6, 6.07) is 0. The number of carbonyl (C=O) groups is 1. The molecule has 4 nitrogen and oxygen atoms in total. The molecule has 0 amide bonds. The fourth-order valence-corrected chi connectivity index (χ4v) is 2.15. The minimum atomic E-state index is -0.356. The lowest BCUT2D eigenvalue weighted by Gasteiger charge is -2.24. The second-order valence-corrected chi connectivity index (χ2v) is 7.03. The molecule has 1 aliphatic rings. The molecule has 20 heavy (non-hydrogen) atoms. The van der Waals surface area contributed by atoms with Crippen molar-refractivity contribution in [2.75, 3.05) is 20.0 Å². The van der Waals surface area contributed by atoms with Gasteiger partial charge in [0.2, 0.25) is 0 Å². The zero-order valence-electron chi connectivity index (χ0n) is 13.3. The van der Waals surface area contributed by atoms with Gasteiger partial charge in [-0.15, -0.1) is 0 Å². The van der Waals surface area contributed by atoms with E-state index in [4.69, 9.17) is 14.2 Å². The Bertz CT molecular complexity index is 335. The van der Waals surface area contributed by atoms with E-state index in [-0.39, 0.29) is 30.4 Å². The molecule has 0 aromatic heterocycles. The lowest BCUT2D eigenvalue weighted by molar-refractivity contribution is -0.153. The molecule has 0 bridgehead atoms. The van der Waals surface area contributed by atoms with Gasteiger partial charge in [-0.2, -0.15) is 0 Å². The second-order valence-electron chi connectivity index (χ2n) is 7.03. The third kappa shape index (κ3) is 6.53. The summed E-state index contributed by atoms with van der Waals surface area (Å²) in [6.45, 7) is 12.9. The Labute approximate surface area is 122 Å². The monoisotopic (exact) mass is 284 g/mol. The lowest BCUT2D eigenvalue weighted by Crippen LogP contribution is -2.29. The van der Waals surface area contributed by atoms with E-state index in [0.29, 0.717) is 12.2 Å². The normalized spacial score (nSPS) is 18.0. The zero-order valence-corrected chi connectivity index (χ0v) is 13.3. The first-order valence-electron chi connectivity index (χ1n) is 7.28. The summed E-state index contributed by atoms with van der Waals surface area (Å²) in [6.07, 6.45) is 4.10. The highest BCUT2D eigenvalue weighted by Gasteiger charge is 2.33. The molecule has 0 aromatic rings. The SMILES string of the molecule is C=C(COCOCC(C)(C)C)C(=O)OC1(C)CCCC1. The molecule has 116 valence electrons. The van der Waals surface area contributed by atoms with Crippen molar-refractivity contribution < 1.29 is 19.0 Å². The van der Waals surface area contributed by atoms with Gasteiger partial charge in [0.25, 0.3) is 0 Å². The molecular weight excluding hydrogens is 256 g/mol. The standard InChI is InChI=1S/C16H28O4/c1-13(10-18-12-19-11-15(2,3)4)14(17)20-16(5)8-6-7-9-16/h1,6-12H2,2-5H3. The molecule has 0 heterocycles. The predicted octanol–water partition coefficient (Wildman–Crippen LogP) is 3.46. The maximum Gasteiger partial charge on any atom is 0.336 e. The molecule has 0 aromatic carbocycles. The Balaban J connectivity index is 2.17. The molecule has 4 heteroatoms. The van der Waals surface area contributed by atoms with Crippen LogP contribution in [0.4, 0.5) is 0 Å². The molecule has 0 N–H and O–H groups in total. The molecule has 1 rings (SSSR count). The third-order valence-corrected chi connectivity index (χ3v) is 3.27. The van der Waals surface area contributed by atoms with E-state index < -0.39 is 0 Å². The van der Waals surface area contributed by atoms with Crippen LogP contribution in [0, 0.1) is 5.41 Å².